The first-order valence-electron chi connectivity index (χ1n) is 12.5. The van der Waals surface area contributed by atoms with Crippen LogP contribution in [0.15, 0.2) is 72.8 Å². The van der Waals surface area contributed by atoms with Crippen LogP contribution in [0.25, 0.3) is 0 Å². The number of esters is 1. The fourth-order valence-corrected chi connectivity index (χ4v) is 11.1. The highest BCUT2D eigenvalue weighted by Crippen LogP contribution is 2.70. The Hall–Kier alpha value is -2.50. The topological polar surface area (TPSA) is 52.6 Å². The summed E-state index contributed by atoms with van der Waals surface area (Å²) in [7, 11) is -1.37. The average molecular weight is 491 g/mol. The first-order chi connectivity index (χ1) is 16.4. The number of ether oxygens (including phenoxy) is 1. The molecule has 186 valence electrons. The highest BCUT2D eigenvalue weighted by molar-refractivity contribution is 6.99. The molecule has 2 fully saturated rings. The highest BCUT2D eigenvalue weighted by atomic mass is 28.4. The monoisotopic (exact) mass is 490 g/mol. The lowest BCUT2D eigenvalue weighted by Crippen LogP contribution is -2.66. The minimum Gasteiger partial charge on any atom is -0.468 e. The van der Waals surface area contributed by atoms with Gasteiger partial charge in [-0.1, -0.05) is 102 Å². The molecule has 0 radical (unpaired) electrons. The molecule has 0 saturated heterocycles. The molecule has 2 aliphatic carbocycles. The summed E-state index contributed by atoms with van der Waals surface area (Å²) in [6, 6.07) is 20.9. The van der Waals surface area contributed by atoms with E-state index in [1.807, 2.05) is 26.0 Å². The van der Waals surface area contributed by atoms with Crippen molar-refractivity contribution in [2.75, 3.05) is 13.7 Å². The maximum atomic E-state index is 13.6. The summed E-state index contributed by atoms with van der Waals surface area (Å²) in [5.41, 5.74) is -0.833. The molecule has 5 heteroatoms. The Labute approximate surface area is 210 Å². The van der Waals surface area contributed by atoms with Gasteiger partial charge in [-0.25, -0.2) is 0 Å². The number of hydrogen-bond donors (Lipinski definition) is 0. The second-order valence-electron chi connectivity index (χ2n) is 11.8. The first kappa shape index (κ1) is 25.6. The maximum absolute atomic E-state index is 13.6. The van der Waals surface area contributed by atoms with Gasteiger partial charge in [0.25, 0.3) is 8.32 Å². The molecule has 2 aliphatic rings. The van der Waals surface area contributed by atoms with Crippen molar-refractivity contribution in [2.45, 2.75) is 52.5 Å². The van der Waals surface area contributed by atoms with Crippen LogP contribution in [0.2, 0.25) is 5.04 Å². The van der Waals surface area contributed by atoms with Gasteiger partial charge in [0.2, 0.25) is 0 Å². The fraction of sp³-hybridized carbons (Fsp3) is 0.467. The molecule has 0 unspecified atom stereocenters. The van der Waals surface area contributed by atoms with E-state index in [1.165, 1.54) is 17.5 Å². The van der Waals surface area contributed by atoms with Crippen LogP contribution in [-0.4, -0.2) is 33.8 Å². The van der Waals surface area contributed by atoms with Crippen LogP contribution in [-0.2, 0) is 18.8 Å². The summed E-state index contributed by atoms with van der Waals surface area (Å²) in [4.78, 5) is 26.6. The van der Waals surface area contributed by atoms with Crippen LogP contribution in [0.4, 0.5) is 0 Å². The van der Waals surface area contributed by atoms with E-state index < -0.39 is 25.1 Å². The largest absolute Gasteiger partial charge is 0.468 e. The Morgan fingerprint density at radius 3 is 2.00 bits per heavy atom. The van der Waals surface area contributed by atoms with Crippen LogP contribution in [0, 0.1) is 22.7 Å². The SMILES string of the molecule is C=C(CO[Si](c1ccccc1)(c1ccccc1)C(C)(C)C)[C@H]1[C@@H]2CCC(C)(C)C(=O)[C@@]21C(=O)OC. The van der Waals surface area contributed by atoms with Crippen molar-refractivity contribution >= 4 is 30.4 Å². The zero-order valence-corrected chi connectivity index (χ0v) is 22.9. The van der Waals surface area contributed by atoms with Crippen LogP contribution < -0.4 is 10.4 Å². The summed E-state index contributed by atoms with van der Waals surface area (Å²) in [6.07, 6.45) is 1.59. The molecule has 4 rings (SSSR count). The molecule has 2 aromatic rings. The number of hydrogen-bond acceptors (Lipinski definition) is 4. The van der Waals surface area contributed by atoms with Crippen molar-refractivity contribution in [3.63, 3.8) is 0 Å². The number of ketones is 1. The lowest BCUT2D eigenvalue weighted by atomic mass is 9.70. The van der Waals surface area contributed by atoms with Crippen LogP contribution in [0.1, 0.15) is 47.5 Å². The first-order valence-corrected chi connectivity index (χ1v) is 14.4. The molecular weight excluding hydrogens is 452 g/mol. The molecule has 4 nitrogen and oxygen atoms in total. The normalized spacial score (nSPS) is 25.5. The van der Waals surface area contributed by atoms with Crippen LogP contribution >= 0.6 is 0 Å². The Balaban J connectivity index is 1.71. The van der Waals surface area contributed by atoms with Crippen molar-refractivity contribution in [3.8, 4) is 0 Å². The van der Waals surface area contributed by atoms with Gasteiger partial charge < -0.3 is 9.16 Å². The van der Waals surface area contributed by atoms with Gasteiger partial charge in [-0.2, -0.15) is 0 Å². The van der Waals surface area contributed by atoms with E-state index in [0.29, 0.717) is 6.61 Å². The van der Waals surface area contributed by atoms with Gasteiger partial charge in [0.1, 0.15) is 5.41 Å². The molecule has 0 heterocycles. The standard InChI is InChI=1S/C30H38O4Si/c1-21(25-24-18-19-29(5,6)26(31)30(24,25)27(32)33-7)20-34-35(28(2,3)4,22-14-10-8-11-15-22)23-16-12-9-13-17-23/h8-17,24-25H,1,18-20H2,2-7H3/t24-,25-,30+/m0/s1. The molecule has 2 aromatic carbocycles. The lowest BCUT2D eigenvalue weighted by molar-refractivity contribution is -0.157. The van der Waals surface area contributed by atoms with E-state index in [9.17, 15) is 9.59 Å². The molecule has 0 bridgehead atoms. The smallest absolute Gasteiger partial charge is 0.320 e. The van der Waals surface area contributed by atoms with Crippen LogP contribution in [0.3, 0.4) is 0 Å². The second-order valence-corrected chi connectivity index (χ2v) is 16.1. The predicted octanol–water partition coefficient (Wildman–Crippen LogP) is 4.91. The van der Waals surface area contributed by atoms with Crippen molar-refractivity contribution in [3.05, 3.63) is 72.8 Å². The summed E-state index contributed by atoms with van der Waals surface area (Å²) in [5.74, 6) is -0.713. The Morgan fingerprint density at radius 2 is 1.54 bits per heavy atom. The Morgan fingerprint density at radius 1 is 1.03 bits per heavy atom. The molecule has 0 N–H and O–H groups in total. The second kappa shape index (κ2) is 8.86. The molecule has 2 saturated carbocycles. The number of carbonyl (C=O) groups excluding carboxylic acids is 2. The van der Waals surface area contributed by atoms with E-state index in [0.717, 1.165) is 18.4 Å². The van der Waals surface area contributed by atoms with Gasteiger partial charge >= 0.3 is 5.97 Å². The molecule has 35 heavy (non-hydrogen) atoms. The number of carbonyl (C=O) groups is 2. The van der Waals surface area contributed by atoms with E-state index in [4.69, 9.17) is 9.16 Å². The van der Waals surface area contributed by atoms with Crippen molar-refractivity contribution in [1.82, 2.24) is 0 Å². The number of methoxy groups -OCH3 is 1. The summed E-state index contributed by atoms with van der Waals surface area (Å²) in [6.45, 7) is 15.3. The van der Waals surface area contributed by atoms with E-state index >= 15 is 0 Å². The summed E-state index contributed by atoms with van der Waals surface area (Å²) >= 11 is 0. The van der Waals surface area contributed by atoms with Crippen LogP contribution in [0.5, 0.6) is 0 Å². The van der Waals surface area contributed by atoms with Gasteiger partial charge in [-0.3, -0.25) is 9.59 Å². The van der Waals surface area contributed by atoms with Gasteiger partial charge in [-0.15, -0.1) is 0 Å². The third-order valence-corrected chi connectivity index (χ3v) is 13.3. The molecule has 0 aliphatic heterocycles. The minimum atomic E-state index is -2.75. The number of Topliss-reactive ketones (excluding diaryl/α,β-unsaturated/α-hetero) is 1. The van der Waals surface area contributed by atoms with Crippen molar-refractivity contribution < 1.29 is 18.8 Å². The highest BCUT2D eigenvalue weighted by Gasteiger charge is 2.78. The van der Waals surface area contributed by atoms with Gasteiger partial charge in [0.15, 0.2) is 5.78 Å². The number of rotatable bonds is 7. The predicted molar refractivity (Wildman–Crippen MR) is 142 cm³/mol. The van der Waals surface area contributed by atoms with Crippen molar-refractivity contribution in [1.29, 1.82) is 0 Å². The molecule has 3 atom stereocenters. The molecule has 0 spiro atoms. The fourth-order valence-electron chi connectivity index (χ4n) is 6.55. The summed E-state index contributed by atoms with van der Waals surface area (Å²) in [5, 5.41) is 2.23. The number of benzene rings is 2. The zero-order valence-electron chi connectivity index (χ0n) is 21.9. The third kappa shape index (κ3) is 3.84. The average Bonchev–Trinajstić information content (AvgIpc) is 3.52. The van der Waals surface area contributed by atoms with E-state index in [1.54, 1.807) is 0 Å². The molecular formula is C30H38O4Si. The van der Waals surface area contributed by atoms with E-state index in [-0.39, 0.29) is 22.7 Å². The minimum absolute atomic E-state index is 0.00954. The quantitative estimate of drug-likeness (QED) is 0.239. The number of fused-ring (bicyclic) bond motifs is 1. The van der Waals surface area contributed by atoms with E-state index in [2.05, 4.69) is 75.9 Å². The third-order valence-electron chi connectivity index (χ3n) is 8.29. The van der Waals surface area contributed by atoms with Gasteiger partial charge in [0.05, 0.1) is 13.7 Å². The van der Waals surface area contributed by atoms with Gasteiger partial charge in [0, 0.05) is 11.3 Å². The lowest BCUT2D eigenvalue weighted by Gasteiger charge is -2.43. The summed E-state index contributed by atoms with van der Waals surface area (Å²) < 4.78 is 12.2. The van der Waals surface area contributed by atoms with Crippen molar-refractivity contribution in [2.24, 2.45) is 22.7 Å². The Kier molecular flexibility index (Phi) is 6.48. The zero-order chi connectivity index (χ0) is 25.6. The maximum Gasteiger partial charge on any atom is 0.320 e. The molecule has 0 aromatic heterocycles. The molecule has 0 amide bonds. The van der Waals surface area contributed by atoms with Gasteiger partial charge in [-0.05, 0) is 39.7 Å². The Bertz CT molecular complexity index is 1080.